The third kappa shape index (κ3) is 29.0. The Bertz CT molecular complexity index is 713. The predicted molar refractivity (Wildman–Crippen MR) is 179 cm³/mol. The van der Waals surface area contributed by atoms with Crippen LogP contribution in [-0.2, 0) is 28.6 Å². The molecule has 8 heteroatoms. The van der Waals surface area contributed by atoms with Crippen molar-refractivity contribution in [3.63, 3.8) is 0 Å². The maximum atomic E-state index is 12.6. The highest BCUT2D eigenvalue weighted by Crippen LogP contribution is 2.13. The zero-order chi connectivity index (χ0) is 32.5. The highest BCUT2D eigenvalue weighted by atomic mass is 16.5. The van der Waals surface area contributed by atoms with Gasteiger partial charge < -0.3 is 24.6 Å². The Labute approximate surface area is 269 Å². The second-order valence-corrected chi connectivity index (χ2v) is 11.9. The van der Waals surface area contributed by atoms with Gasteiger partial charge in [0.15, 0.2) is 5.78 Å². The van der Waals surface area contributed by atoms with Gasteiger partial charge in [0, 0.05) is 19.4 Å². The molecule has 2 atom stereocenters. The monoisotopic (exact) mass is 625 g/mol. The van der Waals surface area contributed by atoms with Gasteiger partial charge in [-0.2, -0.15) is 0 Å². The van der Waals surface area contributed by atoms with E-state index in [1.54, 1.807) is 6.08 Å². The smallest absolute Gasteiger partial charge is 0.306 e. The van der Waals surface area contributed by atoms with E-state index in [0.717, 1.165) is 32.1 Å². The molecule has 0 aromatic rings. The van der Waals surface area contributed by atoms with Crippen molar-refractivity contribution in [1.82, 2.24) is 5.32 Å². The van der Waals surface area contributed by atoms with Crippen molar-refractivity contribution in [2.24, 2.45) is 0 Å². The van der Waals surface area contributed by atoms with E-state index in [9.17, 15) is 19.5 Å². The molecule has 0 aliphatic heterocycles. The predicted octanol–water partition coefficient (Wildman–Crippen LogP) is 7.79. The number of esters is 1. The average Bonchev–Trinajstić information content (AvgIpc) is 3.01. The molecule has 0 aromatic carbocycles. The van der Waals surface area contributed by atoms with Crippen LogP contribution in [0.15, 0.2) is 12.2 Å². The van der Waals surface area contributed by atoms with Crippen LogP contribution in [0.4, 0.5) is 0 Å². The third-order valence-electron chi connectivity index (χ3n) is 7.69. The molecule has 1 amide bonds. The first-order chi connectivity index (χ1) is 21.4. The molecule has 8 nitrogen and oxygen atoms in total. The summed E-state index contributed by atoms with van der Waals surface area (Å²) in [7, 11) is 0. The van der Waals surface area contributed by atoms with E-state index in [1.165, 1.54) is 83.5 Å². The lowest BCUT2D eigenvalue weighted by atomic mass is 10.0. The van der Waals surface area contributed by atoms with Gasteiger partial charge in [-0.15, -0.1) is 0 Å². The van der Waals surface area contributed by atoms with Crippen LogP contribution >= 0.6 is 0 Å². The van der Waals surface area contributed by atoms with Crippen molar-refractivity contribution < 1.29 is 33.7 Å². The van der Waals surface area contributed by atoms with E-state index in [-0.39, 0.29) is 37.7 Å². The van der Waals surface area contributed by atoms with E-state index in [0.29, 0.717) is 26.2 Å². The molecule has 0 fully saturated rings. The van der Waals surface area contributed by atoms with Crippen molar-refractivity contribution in [1.29, 1.82) is 0 Å². The number of nitrogens with one attached hydrogen (secondary N) is 1. The Balaban J connectivity index is 4.50. The van der Waals surface area contributed by atoms with E-state index in [4.69, 9.17) is 14.2 Å². The Morgan fingerprint density at radius 2 is 1.23 bits per heavy atom. The van der Waals surface area contributed by atoms with Crippen LogP contribution in [0.25, 0.3) is 0 Å². The second-order valence-electron chi connectivity index (χ2n) is 11.9. The quantitative estimate of drug-likeness (QED) is 0.0435. The van der Waals surface area contributed by atoms with Gasteiger partial charge in [0.2, 0.25) is 5.91 Å². The van der Waals surface area contributed by atoms with Crippen LogP contribution in [0, 0.1) is 0 Å². The maximum Gasteiger partial charge on any atom is 0.306 e. The number of aliphatic hydroxyl groups excluding tert-OH is 1. The van der Waals surface area contributed by atoms with Crippen molar-refractivity contribution in [2.45, 2.75) is 168 Å². The molecule has 0 aliphatic rings. The van der Waals surface area contributed by atoms with Gasteiger partial charge in [-0.05, 0) is 26.2 Å². The molecule has 2 N–H and O–H groups in total. The SMILES string of the molecule is CCCCCCCCCCCCC/C=C/C(O)C(COC(=O)CCC(=O)COCCOCC)NC(=O)CCCCCCCC. The lowest BCUT2D eigenvalue weighted by molar-refractivity contribution is -0.147. The Hall–Kier alpha value is -1.77. The molecular weight excluding hydrogens is 558 g/mol. The summed E-state index contributed by atoms with van der Waals surface area (Å²) in [6.45, 7) is 7.44. The minimum atomic E-state index is -0.968. The largest absolute Gasteiger partial charge is 0.463 e. The van der Waals surface area contributed by atoms with Crippen LogP contribution in [0.1, 0.15) is 156 Å². The fraction of sp³-hybridized carbons (Fsp3) is 0.861. The molecule has 0 radical (unpaired) electrons. The molecule has 0 rings (SSSR count). The molecule has 0 saturated carbocycles. The summed E-state index contributed by atoms with van der Waals surface area (Å²) in [6.07, 6.45) is 24.5. The highest BCUT2D eigenvalue weighted by molar-refractivity contribution is 5.83. The van der Waals surface area contributed by atoms with E-state index < -0.39 is 18.1 Å². The number of carbonyl (C=O) groups is 3. The molecule has 258 valence electrons. The van der Waals surface area contributed by atoms with Gasteiger partial charge >= 0.3 is 5.97 Å². The average molecular weight is 626 g/mol. The summed E-state index contributed by atoms with van der Waals surface area (Å²) in [4.78, 5) is 36.9. The molecule has 0 aliphatic carbocycles. The fourth-order valence-electron chi connectivity index (χ4n) is 4.88. The maximum absolute atomic E-state index is 12.6. The van der Waals surface area contributed by atoms with E-state index in [2.05, 4.69) is 19.2 Å². The summed E-state index contributed by atoms with van der Waals surface area (Å²) in [5.41, 5.74) is 0. The van der Waals surface area contributed by atoms with Crippen molar-refractivity contribution in [3.05, 3.63) is 12.2 Å². The van der Waals surface area contributed by atoms with Crippen LogP contribution in [0.3, 0.4) is 0 Å². The first-order valence-corrected chi connectivity index (χ1v) is 17.9. The first-order valence-electron chi connectivity index (χ1n) is 17.9. The number of carbonyl (C=O) groups excluding carboxylic acids is 3. The number of unbranched alkanes of at least 4 members (excludes halogenated alkanes) is 16. The van der Waals surface area contributed by atoms with Crippen LogP contribution in [0.5, 0.6) is 0 Å². The van der Waals surface area contributed by atoms with Gasteiger partial charge in [0.1, 0.15) is 13.2 Å². The van der Waals surface area contributed by atoms with Gasteiger partial charge in [-0.1, -0.05) is 122 Å². The van der Waals surface area contributed by atoms with Crippen LogP contribution in [0.2, 0.25) is 0 Å². The van der Waals surface area contributed by atoms with Crippen molar-refractivity contribution >= 4 is 17.7 Å². The number of aliphatic hydroxyl groups is 1. The molecule has 44 heavy (non-hydrogen) atoms. The Morgan fingerprint density at radius 1 is 0.682 bits per heavy atom. The van der Waals surface area contributed by atoms with Crippen molar-refractivity contribution in [3.8, 4) is 0 Å². The zero-order valence-electron chi connectivity index (χ0n) is 28.6. The summed E-state index contributed by atoms with van der Waals surface area (Å²) in [5.74, 6) is -0.883. The third-order valence-corrected chi connectivity index (χ3v) is 7.69. The fourth-order valence-corrected chi connectivity index (χ4v) is 4.88. The lowest BCUT2D eigenvalue weighted by Crippen LogP contribution is -2.46. The minimum Gasteiger partial charge on any atom is -0.463 e. The molecule has 2 unspecified atom stereocenters. The highest BCUT2D eigenvalue weighted by Gasteiger charge is 2.21. The minimum absolute atomic E-state index is 0.0178. The van der Waals surface area contributed by atoms with Gasteiger partial charge in [-0.25, -0.2) is 0 Å². The standard InChI is InChI=1S/C36H67NO7/c1-4-7-9-11-13-14-15-16-17-18-19-20-22-24-34(39)33(37-35(40)25-23-21-12-10-8-5-2)31-44-36(41)27-26-32(38)30-43-29-28-42-6-3/h22,24,33-34,39H,4-21,23,25-31H2,1-3H3,(H,37,40)/b24-22+. The van der Waals surface area contributed by atoms with Crippen LogP contribution < -0.4 is 5.32 Å². The first kappa shape index (κ1) is 42.2. The molecule has 0 bridgehead atoms. The Kier molecular flexibility index (Phi) is 31.3. The van der Waals surface area contributed by atoms with Gasteiger partial charge in [-0.3, -0.25) is 14.4 Å². The molecule has 0 heterocycles. The zero-order valence-corrected chi connectivity index (χ0v) is 28.6. The van der Waals surface area contributed by atoms with E-state index in [1.807, 2.05) is 13.0 Å². The number of amides is 1. The summed E-state index contributed by atoms with van der Waals surface area (Å²) in [6, 6.07) is -0.738. The van der Waals surface area contributed by atoms with Gasteiger partial charge in [0.25, 0.3) is 0 Å². The molecule has 0 spiro atoms. The number of rotatable bonds is 33. The van der Waals surface area contributed by atoms with Crippen LogP contribution in [-0.4, -0.2) is 67.9 Å². The molecule has 0 aromatic heterocycles. The molecule has 0 saturated heterocycles. The molecular formula is C36H67NO7. The Morgan fingerprint density at radius 3 is 1.82 bits per heavy atom. The van der Waals surface area contributed by atoms with E-state index >= 15 is 0 Å². The number of ether oxygens (including phenoxy) is 3. The van der Waals surface area contributed by atoms with Gasteiger partial charge in [0.05, 0.1) is 31.8 Å². The summed E-state index contributed by atoms with van der Waals surface area (Å²) in [5, 5.41) is 13.7. The number of hydrogen-bond acceptors (Lipinski definition) is 7. The summed E-state index contributed by atoms with van der Waals surface area (Å²) >= 11 is 0. The number of Topliss-reactive ketones (excluding diaryl/α,β-unsaturated/α-hetero) is 1. The second kappa shape index (κ2) is 32.6. The number of hydrogen-bond donors (Lipinski definition) is 2. The summed E-state index contributed by atoms with van der Waals surface area (Å²) < 4.78 is 15.8. The lowest BCUT2D eigenvalue weighted by Gasteiger charge is -2.22. The topological polar surface area (TPSA) is 111 Å². The number of allylic oxidation sites excluding steroid dienone is 1. The number of ketones is 1. The normalized spacial score (nSPS) is 12.8. The van der Waals surface area contributed by atoms with Crippen molar-refractivity contribution in [2.75, 3.05) is 33.0 Å².